The number of rotatable bonds is 3. The Labute approximate surface area is 119 Å². The van der Waals surface area contributed by atoms with Crippen molar-refractivity contribution in [3.63, 3.8) is 0 Å². The molecule has 0 radical (unpaired) electrons. The van der Waals surface area contributed by atoms with Crippen LogP contribution in [0.4, 0.5) is 5.69 Å². The average molecular weight is 311 g/mol. The quantitative estimate of drug-likeness (QED) is 0.922. The molecule has 1 aliphatic rings. The lowest BCUT2D eigenvalue weighted by Crippen LogP contribution is -2.43. The number of aryl methyl sites for hydroxylation is 1. The number of hydrogen-bond acceptors (Lipinski definition) is 2. The van der Waals surface area contributed by atoms with Crippen LogP contribution in [0.3, 0.4) is 0 Å². The van der Waals surface area contributed by atoms with E-state index in [2.05, 4.69) is 59.8 Å². The Morgan fingerprint density at radius 3 is 2.78 bits per heavy atom. The van der Waals surface area contributed by atoms with Crippen molar-refractivity contribution in [3.8, 4) is 0 Å². The lowest BCUT2D eigenvalue weighted by molar-refractivity contribution is 0.348. The van der Waals surface area contributed by atoms with E-state index in [1.807, 2.05) is 0 Å². The maximum atomic E-state index is 5.73. The van der Waals surface area contributed by atoms with E-state index >= 15 is 0 Å². The molecule has 1 aliphatic heterocycles. The number of anilines is 1. The molecule has 0 aliphatic carbocycles. The van der Waals surface area contributed by atoms with Crippen molar-refractivity contribution in [3.05, 3.63) is 28.2 Å². The van der Waals surface area contributed by atoms with Gasteiger partial charge in [0.15, 0.2) is 0 Å². The Morgan fingerprint density at radius 2 is 2.17 bits per heavy atom. The van der Waals surface area contributed by atoms with Gasteiger partial charge in [-0.15, -0.1) is 0 Å². The highest BCUT2D eigenvalue weighted by molar-refractivity contribution is 9.10. The van der Waals surface area contributed by atoms with Crippen molar-refractivity contribution in [2.45, 2.75) is 39.2 Å². The molecule has 2 nitrogen and oxygen atoms in total. The predicted molar refractivity (Wildman–Crippen MR) is 82.1 cm³/mol. The fourth-order valence-corrected chi connectivity index (χ4v) is 3.35. The molecule has 0 saturated carbocycles. The second kappa shape index (κ2) is 5.22. The largest absolute Gasteiger partial charge is 0.366 e. The van der Waals surface area contributed by atoms with E-state index in [-0.39, 0.29) is 5.54 Å². The minimum Gasteiger partial charge on any atom is -0.366 e. The average Bonchev–Trinajstić information content (AvgIpc) is 2.60. The molecule has 0 amide bonds. The summed E-state index contributed by atoms with van der Waals surface area (Å²) in [6.07, 6.45) is 2.37. The van der Waals surface area contributed by atoms with Crippen molar-refractivity contribution >= 4 is 21.6 Å². The lowest BCUT2D eigenvalue weighted by Gasteiger charge is -2.38. The molecule has 1 fully saturated rings. The maximum Gasteiger partial charge on any atom is 0.0375 e. The van der Waals surface area contributed by atoms with Crippen LogP contribution in [0, 0.1) is 12.8 Å². The number of benzene rings is 1. The molecule has 2 N–H and O–H groups in total. The first kappa shape index (κ1) is 13.9. The molecule has 1 aromatic carbocycles. The van der Waals surface area contributed by atoms with Crippen molar-refractivity contribution in [1.82, 2.24) is 0 Å². The van der Waals surface area contributed by atoms with Gasteiger partial charge in [-0.1, -0.05) is 15.9 Å². The third-order valence-corrected chi connectivity index (χ3v) is 5.25. The summed E-state index contributed by atoms with van der Waals surface area (Å²) >= 11 is 3.57. The molecule has 0 aromatic heterocycles. The predicted octanol–water partition coefficient (Wildman–Crippen LogP) is 3.71. The molecule has 0 bridgehead atoms. The summed E-state index contributed by atoms with van der Waals surface area (Å²) in [7, 11) is 0. The Balaban J connectivity index is 2.26. The summed E-state index contributed by atoms with van der Waals surface area (Å²) in [5, 5.41) is 0. The number of nitrogens with zero attached hydrogens (tertiary/aromatic N) is 1. The van der Waals surface area contributed by atoms with E-state index in [4.69, 9.17) is 5.73 Å². The first-order chi connectivity index (χ1) is 8.46. The first-order valence-corrected chi connectivity index (χ1v) is 7.50. The van der Waals surface area contributed by atoms with Crippen LogP contribution in [-0.2, 0) is 0 Å². The third-order valence-electron chi connectivity index (χ3n) is 4.36. The zero-order valence-corrected chi connectivity index (χ0v) is 13.1. The van der Waals surface area contributed by atoms with Gasteiger partial charge in [-0.3, -0.25) is 0 Å². The second-order valence-electron chi connectivity index (χ2n) is 5.80. The van der Waals surface area contributed by atoms with Crippen LogP contribution in [0.5, 0.6) is 0 Å². The molecule has 1 aromatic rings. The maximum absolute atomic E-state index is 5.73. The van der Waals surface area contributed by atoms with Gasteiger partial charge in [-0.25, -0.2) is 0 Å². The van der Waals surface area contributed by atoms with E-state index in [9.17, 15) is 0 Å². The molecule has 0 spiro atoms. The van der Waals surface area contributed by atoms with Gasteiger partial charge in [-0.05, 0) is 69.8 Å². The SMILES string of the molecule is Cc1cc(N2CCC(CCN)C2(C)C)ccc1Br. The molecule has 100 valence electrons. The van der Waals surface area contributed by atoms with Crippen LogP contribution in [0.15, 0.2) is 22.7 Å². The van der Waals surface area contributed by atoms with Gasteiger partial charge in [-0.2, -0.15) is 0 Å². The fourth-order valence-electron chi connectivity index (χ4n) is 3.10. The zero-order valence-electron chi connectivity index (χ0n) is 11.5. The monoisotopic (exact) mass is 310 g/mol. The lowest BCUT2D eigenvalue weighted by atomic mass is 9.85. The van der Waals surface area contributed by atoms with Gasteiger partial charge in [0, 0.05) is 22.2 Å². The molecule has 2 rings (SSSR count). The highest BCUT2D eigenvalue weighted by atomic mass is 79.9. The fraction of sp³-hybridized carbons (Fsp3) is 0.600. The topological polar surface area (TPSA) is 29.3 Å². The minimum atomic E-state index is 0.208. The number of nitrogens with two attached hydrogens (primary N) is 1. The van der Waals surface area contributed by atoms with E-state index in [1.165, 1.54) is 22.1 Å². The minimum absolute atomic E-state index is 0.208. The van der Waals surface area contributed by atoms with Gasteiger partial charge in [0.2, 0.25) is 0 Å². The Kier molecular flexibility index (Phi) is 4.02. The molecule has 3 heteroatoms. The third kappa shape index (κ3) is 2.43. The van der Waals surface area contributed by atoms with Crippen molar-refractivity contribution in [1.29, 1.82) is 0 Å². The van der Waals surface area contributed by atoms with Crippen LogP contribution in [0.2, 0.25) is 0 Å². The second-order valence-corrected chi connectivity index (χ2v) is 6.66. The summed E-state index contributed by atoms with van der Waals surface area (Å²) in [6, 6.07) is 6.64. The van der Waals surface area contributed by atoms with E-state index in [0.717, 1.165) is 19.5 Å². The van der Waals surface area contributed by atoms with E-state index in [0.29, 0.717) is 5.92 Å². The number of hydrogen-bond donors (Lipinski definition) is 1. The normalized spacial score (nSPS) is 22.5. The molecule has 18 heavy (non-hydrogen) atoms. The van der Waals surface area contributed by atoms with Gasteiger partial charge >= 0.3 is 0 Å². The van der Waals surface area contributed by atoms with Crippen LogP contribution < -0.4 is 10.6 Å². The number of halogens is 1. The van der Waals surface area contributed by atoms with E-state index in [1.54, 1.807) is 0 Å². The van der Waals surface area contributed by atoms with Crippen LogP contribution in [-0.4, -0.2) is 18.6 Å². The molecular formula is C15H23BrN2. The van der Waals surface area contributed by atoms with Gasteiger partial charge in [0.05, 0.1) is 0 Å². The van der Waals surface area contributed by atoms with Crippen LogP contribution in [0.25, 0.3) is 0 Å². The smallest absolute Gasteiger partial charge is 0.0375 e. The van der Waals surface area contributed by atoms with Crippen molar-refractivity contribution in [2.24, 2.45) is 11.7 Å². The summed E-state index contributed by atoms with van der Waals surface area (Å²) in [4.78, 5) is 2.53. The zero-order chi connectivity index (χ0) is 13.3. The summed E-state index contributed by atoms with van der Waals surface area (Å²) in [5.74, 6) is 0.700. The molecule has 1 unspecified atom stereocenters. The van der Waals surface area contributed by atoms with Crippen LogP contribution >= 0.6 is 15.9 Å². The molecule has 1 atom stereocenters. The Bertz CT molecular complexity index is 429. The van der Waals surface area contributed by atoms with Gasteiger partial charge < -0.3 is 10.6 Å². The van der Waals surface area contributed by atoms with Gasteiger partial charge in [0.1, 0.15) is 0 Å². The Hall–Kier alpha value is -0.540. The Morgan fingerprint density at radius 1 is 1.44 bits per heavy atom. The van der Waals surface area contributed by atoms with Crippen molar-refractivity contribution in [2.75, 3.05) is 18.0 Å². The van der Waals surface area contributed by atoms with E-state index < -0.39 is 0 Å². The molecular weight excluding hydrogens is 288 g/mol. The molecule has 1 saturated heterocycles. The highest BCUT2D eigenvalue weighted by Crippen LogP contribution is 2.40. The standard InChI is InChI=1S/C15H23BrN2/c1-11-10-13(4-5-14(11)16)18-9-7-12(6-8-17)15(18,2)3/h4-5,10,12H,6-9,17H2,1-3H3. The van der Waals surface area contributed by atoms with Gasteiger partial charge in [0.25, 0.3) is 0 Å². The summed E-state index contributed by atoms with van der Waals surface area (Å²) < 4.78 is 1.18. The molecule has 1 heterocycles. The summed E-state index contributed by atoms with van der Waals surface area (Å²) in [6.45, 7) is 8.77. The van der Waals surface area contributed by atoms with Crippen molar-refractivity contribution < 1.29 is 0 Å². The van der Waals surface area contributed by atoms with Crippen LogP contribution in [0.1, 0.15) is 32.3 Å². The summed E-state index contributed by atoms with van der Waals surface area (Å²) in [5.41, 5.74) is 8.57. The highest BCUT2D eigenvalue weighted by Gasteiger charge is 2.40. The first-order valence-electron chi connectivity index (χ1n) is 6.70.